The standard InChI is InChI=1S/C9H8NS/c1-2-5-10(6-3-1)9-4-7-11-8-9/h1-8H/q+1. The summed E-state index contributed by atoms with van der Waals surface area (Å²) in [6, 6.07) is 8.17. The first-order valence-electron chi connectivity index (χ1n) is 3.46. The number of nitrogens with zero attached hydrogens (tertiary/aromatic N) is 1. The van der Waals surface area contributed by atoms with Gasteiger partial charge in [0.15, 0.2) is 12.4 Å². The molecule has 2 aromatic heterocycles. The van der Waals surface area contributed by atoms with Gasteiger partial charge in [-0.25, -0.2) is 0 Å². The number of hydrogen-bond donors (Lipinski definition) is 0. The van der Waals surface area contributed by atoms with Crippen molar-refractivity contribution >= 4 is 11.3 Å². The fraction of sp³-hybridized carbons (Fsp3) is 0. The summed E-state index contributed by atoms with van der Waals surface area (Å²) >= 11 is 1.71. The lowest BCUT2D eigenvalue weighted by atomic mass is 10.4. The summed E-state index contributed by atoms with van der Waals surface area (Å²) in [6.45, 7) is 0. The highest BCUT2D eigenvalue weighted by Crippen LogP contribution is 2.04. The Kier molecular flexibility index (Phi) is 1.69. The minimum Gasteiger partial charge on any atom is -0.166 e. The van der Waals surface area contributed by atoms with Crippen molar-refractivity contribution in [1.29, 1.82) is 0 Å². The van der Waals surface area contributed by atoms with Crippen molar-refractivity contribution < 1.29 is 4.57 Å². The summed E-state index contributed by atoms with van der Waals surface area (Å²) < 4.78 is 2.09. The number of pyridine rings is 1. The highest BCUT2D eigenvalue weighted by Gasteiger charge is 2.01. The Labute approximate surface area is 69.6 Å². The minimum absolute atomic E-state index is 1.23. The quantitative estimate of drug-likeness (QED) is 0.565. The van der Waals surface area contributed by atoms with Crippen LogP contribution in [0.2, 0.25) is 0 Å². The second-order valence-corrected chi connectivity index (χ2v) is 3.04. The van der Waals surface area contributed by atoms with Crippen molar-refractivity contribution in [3.63, 3.8) is 0 Å². The van der Waals surface area contributed by atoms with E-state index in [2.05, 4.69) is 21.4 Å². The molecular formula is C9H8NS+. The summed E-state index contributed by atoms with van der Waals surface area (Å²) in [6.07, 6.45) is 4.09. The second kappa shape index (κ2) is 2.84. The molecule has 0 radical (unpaired) electrons. The molecule has 0 bridgehead atoms. The van der Waals surface area contributed by atoms with E-state index in [0.29, 0.717) is 0 Å². The predicted octanol–water partition coefficient (Wildman–Crippen LogP) is 2.02. The first-order chi connectivity index (χ1) is 5.47. The van der Waals surface area contributed by atoms with Gasteiger partial charge in [-0.2, -0.15) is 4.57 Å². The van der Waals surface area contributed by atoms with Crippen LogP contribution in [0.15, 0.2) is 47.4 Å². The lowest BCUT2D eigenvalue weighted by Crippen LogP contribution is -2.27. The van der Waals surface area contributed by atoms with Crippen LogP contribution >= 0.6 is 11.3 Å². The zero-order valence-electron chi connectivity index (χ0n) is 5.97. The zero-order valence-corrected chi connectivity index (χ0v) is 6.79. The van der Waals surface area contributed by atoms with Gasteiger partial charge in [0, 0.05) is 18.2 Å². The molecule has 2 rings (SSSR count). The Bertz CT molecular complexity index is 313. The molecule has 0 spiro atoms. The monoisotopic (exact) mass is 162 g/mol. The van der Waals surface area contributed by atoms with Crippen LogP contribution in [0.4, 0.5) is 0 Å². The number of thiophene rings is 1. The van der Waals surface area contributed by atoms with Gasteiger partial charge in [0.1, 0.15) is 0 Å². The third-order valence-corrected chi connectivity index (χ3v) is 2.19. The maximum absolute atomic E-state index is 2.12. The molecule has 0 saturated carbocycles. The van der Waals surface area contributed by atoms with E-state index in [-0.39, 0.29) is 0 Å². The smallest absolute Gasteiger partial charge is 0.166 e. The van der Waals surface area contributed by atoms with E-state index in [1.165, 1.54) is 5.69 Å². The Balaban J connectivity index is 2.46. The fourth-order valence-corrected chi connectivity index (χ4v) is 1.61. The molecule has 0 fully saturated rings. The minimum atomic E-state index is 1.23. The molecule has 2 heterocycles. The highest BCUT2D eigenvalue weighted by molar-refractivity contribution is 7.08. The third-order valence-electron chi connectivity index (χ3n) is 1.52. The highest BCUT2D eigenvalue weighted by atomic mass is 32.1. The van der Waals surface area contributed by atoms with Crippen LogP contribution in [0.1, 0.15) is 0 Å². The van der Waals surface area contributed by atoms with E-state index in [1.807, 2.05) is 30.6 Å². The average molecular weight is 162 g/mol. The molecule has 0 amide bonds. The van der Waals surface area contributed by atoms with E-state index < -0.39 is 0 Å². The number of hydrogen-bond acceptors (Lipinski definition) is 1. The molecule has 0 aliphatic carbocycles. The number of rotatable bonds is 1. The fourth-order valence-electron chi connectivity index (χ4n) is 0.975. The lowest BCUT2D eigenvalue weighted by Gasteiger charge is -1.86. The van der Waals surface area contributed by atoms with Crippen LogP contribution < -0.4 is 4.57 Å². The summed E-state index contributed by atoms with van der Waals surface area (Å²) in [4.78, 5) is 0. The van der Waals surface area contributed by atoms with Crippen molar-refractivity contribution in [1.82, 2.24) is 0 Å². The number of aromatic nitrogens is 1. The molecule has 0 aliphatic rings. The van der Waals surface area contributed by atoms with Gasteiger partial charge in [0.05, 0.1) is 5.38 Å². The van der Waals surface area contributed by atoms with E-state index >= 15 is 0 Å². The van der Waals surface area contributed by atoms with Crippen LogP contribution in [-0.2, 0) is 0 Å². The van der Waals surface area contributed by atoms with Crippen molar-refractivity contribution in [2.45, 2.75) is 0 Å². The first kappa shape index (κ1) is 6.55. The predicted molar refractivity (Wildman–Crippen MR) is 45.9 cm³/mol. The van der Waals surface area contributed by atoms with Crippen LogP contribution in [0.3, 0.4) is 0 Å². The molecule has 0 aromatic carbocycles. The summed E-state index contributed by atoms with van der Waals surface area (Å²) in [5.41, 5.74) is 1.23. The maximum Gasteiger partial charge on any atom is 0.221 e. The van der Waals surface area contributed by atoms with Crippen molar-refractivity contribution in [3.8, 4) is 5.69 Å². The molecule has 0 N–H and O–H groups in total. The van der Waals surface area contributed by atoms with E-state index in [4.69, 9.17) is 0 Å². The maximum atomic E-state index is 2.12. The third kappa shape index (κ3) is 1.30. The largest absolute Gasteiger partial charge is 0.221 e. The van der Waals surface area contributed by atoms with E-state index in [9.17, 15) is 0 Å². The summed E-state index contributed by atoms with van der Waals surface area (Å²) in [7, 11) is 0. The molecule has 0 atom stereocenters. The van der Waals surface area contributed by atoms with Gasteiger partial charge in [-0.15, -0.1) is 11.3 Å². The van der Waals surface area contributed by atoms with Gasteiger partial charge in [-0.05, 0) is 5.38 Å². The van der Waals surface area contributed by atoms with Gasteiger partial charge in [-0.1, -0.05) is 6.07 Å². The Morgan fingerprint density at radius 3 is 2.55 bits per heavy atom. The SMILES string of the molecule is c1cc[n+](-c2ccsc2)cc1. The summed E-state index contributed by atoms with van der Waals surface area (Å²) in [5.74, 6) is 0. The van der Waals surface area contributed by atoms with Crippen LogP contribution in [0.25, 0.3) is 5.69 Å². The molecule has 2 aromatic rings. The topological polar surface area (TPSA) is 3.88 Å². The zero-order chi connectivity index (χ0) is 7.52. The van der Waals surface area contributed by atoms with Gasteiger partial charge >= 0.3 is 0 Å². The lowest BCUT2D eigenvalue weighted by molar-refractivity contribution is -0.595. The van der Waals surface area contributed by atoms with E-state index in [1.54, 1.807) is 11.3 Å². The second-order valence-electron chi connectivity index (χ2n) is 2.26. The molecule has 2 heteroatoms. The molecular weight excluding hydrogens is 154 g/mol. The van der Waals surface area contributed by atoms with E-state index in [0.717, 1.165) is 0 Å². The molecule has 0 unspecified atom stereocenters. The van der Waals surface area contributed by atoms with Gasteiger partial charge in [0.2, 0.25) is 5.69 Å². The molecule has 11 heavy (non-hydrogen) atoms. The first-order valence-corrected chi connectivity index (χ1v) is 4.40. The average Bonchev–Trinajstić information content (AvgIpc) is 2.58. The molecule has 0 aliphatic heterocycles. The van der Waals surface area contributed by atoms with Crippen LogP contribution in [0.5, 0.6) is 0 Å². The molecule has 0 saturated heterocycles. The van der Waals surface area contributed by atoms with Gasteiger partial charge in [-0.3, -0.25) is 0 Å². The Morgan fingerprint density at radius 1 is 1.09 bits per heavy atom. The van der Waals surface area contributed by atoms with Gasteiger partial charge < -0.3 is 0 Å². The van der Waals surface area contributed by atoms with Crippen molar-refractivity contribution in [2.75, 3.05) is 0 Å². The van der Waals surface area contributed by atoms with Crippen molar-refractivity contribution in [3.05, 3.63) is 47.4 Å². The molecule has 54 valence electrons. The summed E-state index contributed by atoms with van der Waals surface area (Å²) in [5, 5.41) is 4.20. The van der Waals surface area contributed by atoms with Crippen LogP contribution in [-0.4, -0.2) is 0 Å². The molecule has 1 nitrogen and oxygen atoms in total. The van der Waals surface area contributed by atoms with Crippen LogP contribution in [0, 0.1) is 0 Å². The Morgan fingerprint density at radius 2 is 1.91 bits per heavy atom. The Hall–Kier alpha value is -1.15. The van der Waals surface area contributed by atoms with Gasteiger partial charge in [0.25, 0.3) is 0 Å². The normalized spacial score (nSPS) is 9.82. The van der Waals surface area contributed by atoms with Crippen molar-refractivity contribution in [2.24, 2.45) is 0 Å².